The Morgan fingerprint density at radius 1 is 1.29 bits per heavy atom. The Morgan fingerprint density at radius 3 is 2.52 bits per heavy atom. The summed E-state index contributed by atoms with van der Waals surface area (Å²) in [7, 11) is 0. The molecule has 1 aromatic heterocycles. The van der Waals surface area contributed by atoms with Crippen LogP contribution in [0.3, 0.4) is 0 Å². The van der Waals surface area contributed by atoms with Crippen LogP contribution in [0.2, 0.25) is 0 Å². The molecule has 0 radical (unpaired) electrons. The maximum Gasteiger partial charge on any atom is 0.331 e. The van der Waals surface area contributed by atoms with E-state index < -0.39 is 29.6 Å². The monoisotopic (exact) mass is 375 g/mol. The average molecular weight is 376 g/mol. The van der Waals surface area contributed by atoms with Crippen LogP contribution in [-0.2, 0) is 4.79 Å². The summed E-state index contributed by atoms with van der Waals surface area (Å²) < 4.78 is 27.1. The fraction of sp³-hybridized carbons (Fsp3) is 0.0769. The highest BCUT2D eigenvalue weighted by atomic mass is 79.9. The first kappa shape index (κ1) is 15.6. The van der Waals surface area contributed by atoms with E-state index in [4.69, 9.17) is 5.11 Å². The summed E-state index contributed by atoms with van der Waals surface area (Å²) in [6, 6.07) is 2.52. The maximum atomic E-state index is 13.7. The summed E-state index contributed by atoms with van der Waals surface area (Å²) in [6.45, 7) is 0. The Bertz CT molecular complexity index is 704. The van der Waals surface area contributed by atoms with E-state index in [1.165, 1.54) is 0 Å². The van der Waals surface area contributed by atoms with E-state index >= 15 is 0 Å². The number of carbonyl (C=O) groups excluding carboxylic acids is 1. The second-order valence-electron chi connectivity index (χ2n) is 4.01. The molecule has 21 heavy (non-hydrogen) atoms. The smallest absolute Gasteiger partial charge is 0.331 e. The number of carboxylic acid groups (broad SMARTS) is 1. The molecule has 1 amide bonds. The van der Waals surface area contributed by atoms with Gasteiger partial charge in [0.25, 0.3) is 5.91 Å². The Hall–Kier alpha value is -1.80. The van der Waals surface area contributed by atoms with Gasteiger partial charge in [-0.15, -0.1) is 11.3 Å². The van der Waals surface area contributed by atoms with Gasteiger partial charge in [-0.3, -0.25) is 4.79 Å². The van der Waals surface area contributed by atoms with Crippen LogP contribution in [0.5, 0.6) is 0 Å². The van der Waals surface area contributed by atoms with Crippen molar-refractivity contribution in [1.29, 1.82) is 0 Å². The van der Waals surface area contributed by atoms with Crippen molar-refractivity contribution in [2.75, 3.05) is 0 Å². The lowest BCUT2D eigenvalue weighted by molar-refractivity contribution is -0.139. The lowest BCUT2D eigenvalue weighted by Crippen LogP contribution is -2.34. The Morgan fingerprint density at radius 2 is 2.00 bits per heavy atom. The molecule has 2 aromatic rings. The standard InChI is InChI=1S/C13H8BrF2NO3S/c14-8-3-4-21-11(8)12(18)17-10(13(19)20)7-2-1-6(15)5-9(7)16/h1-5,10H,(H,17,18)(H,19,20)/t10-/m0/s1. The van der Waals surface area contributed by atoms with Crippen molar-refractivity contribution >= 4 is 39.1 Å². The molecule has 0 spiro atoms. The molecule has 0 fully saturated rings. The number of hydrogen-bond acceptors (Lipinski definition) is 3. The molecule has 0 unspecified atom stereocenters. The molecule has 0 aliphatic carbocycles. The molecule has 2 rings (SSSR count). The van der Waals surface area contributed by atoms with Crippen molar-refractivity contribution in [3.8, 4) is 0 Å². The summed E-state index contributed by atoms with van der Waals surface area (Å²) in [5, 5.41) is 13.0. The van der Waals surface area contributed by atoms with Crippen molar-refractivity contribution < 1.29 is 23.5 Å². The van der Waals surface area contributed by atoms with E-state index in [0.717, 1.165) is 23.5 Å². The van der Waals surface area contributed by atoms with Crippen LogP contribution in [-0.4, -0.2) is 17.0 Å². The molecular weight excluding hydrogens is 368 g/mol. The number of rotatable bonds is 4. The van der Waals surface area contributed by atoms with Crippen LogP contribution in [0.1, 0.15) is 21.3 Å². The van der Waals surface area contributed by atoms with Crippen LogP contribution in [0.15, 0.2) is 34.1 Å². The van der Waals surface area contributed by atoms with E-state index in [1.54, 1.807) is 11.4 Å². The summed E-state index contributed by atoms with van der Waals surface area (Å²) in [5.74, 6) is -3.96. The van der Waals surface area contributed by atoms with Crippen LogP contribution < -0.4 is 5.32 Å². The van der Waals surface area contributed by atoms with Gasteiger partial charge in [-0.25, -0.2) is 13.6 Å². The molecule has 8 heteroatoms. The molecule has 0 bridgehead atoms. The summed E-state index contributed by atoms with van der Waals surface area (Å²) in [6.07, 6.45) is 0. The van der Waals surface area contributed by atoms with E-state index in [0.29, 0.717) is 10.5 Å². The quantitative estimate of drug-likeness (QED) is 0.860. The second kappa shape index (κ2) is 6.31. The third-order valence-corrected chi connectivity index (χ3v) is 4.46. The van der Waals surface area contributed by atoms with Crippen LogP contribution in [0.4, 0.5) is 8.78 Å². The molecule has 0 saturated heterocycles. The average Bonchev–Trinajstić information content (AvgIpc) is 2.82. The van der Waals surface area contributed by atoms with Gasteiger partial charge in [0.15, 0.2) is 6.04 Å². The van der Waals surface area contributed by atoms with Crippen LogP contribution in [0, 0.1) is 11.6 Å². The number of thiophene rings is 1. The van der Waals surface area contributed by atoms with Crippen molar-refractivity contribution in [2.24, 2.45) is 0 Å². The van der Waals surface area contributed by atoms with Crippen molar-refractivity contribution in [3.05, 3.63) is 56.2 Å². The van der Waals surface area contributed by atoms with Crippen molar-refractivity contribution in [3.63, 3.8) is 0 Å². The van der Waals surface area contributed by atoms with Gasteiger partial charge >= 0.3 is 5.97 Å². The first-order valence-electron chi connectivity index (χ1n) is 5.61. The van der Waals surface area contributed by atoms with Gasteiger partial charge < -0.3 is 10.4 Å². The molecule has 1 heterocycles. The minimum absolute atomic E-state index is 0.267. The number of hydrogen-bond donors (Lipinski definition) is 2. The molecule has 0 saturated carbocycles. The number of amides is 1. The highest BCUT2D eigenvalue weighted by Gasteiger charge is 2.26. The van der Waals surface area contributed by atoms with Gasteiger partial charge in [0.2, 0.25) is 0 Å². The van der Waals surface area contributed by atoms with Crippen molar-refractivity contribution in [2.45, 2.75) is 6.04 Å². The molecule has 1 atom stereocenters. The van der Waals surface area contributed by atoms with Gasteiger partial charge in [0, 0.05) is 16.1 Å². The molecule has 1 aromatic carbocycles. The van der Waals surface area contributed by atoms with E-state index in [-0.39, 0.29) is 10.4 Å². The zero-order valence-corrected chi connectivity index (χ0v) is 12.7. The Balaban J connectivity index is 2.30. The van der Waals surface area contributed by atoms with Gasteiger partial charge in [0.1, 0.15) is 16.5 Å². The topological polar surface area (TPSA) is 66.4 Å². The predicted octanol–water partition coefficient (Wildman–Crippen LogP) is 3.34. The lowest BCUT2D eigenvalue weighted by atomic mass is 10.1. The van der Waals surface area contributed by atoms with Gasteiger partial charge in [-0.1, -0.05) is 6.07 Å². The molecule has 2 N–H and O–H groups in total. The zero-order chi connectivity index (χ0) is 15.6. The maximum absolute atomic E-state index is 13.7. The molecule has 110 valence electrons. The Kier molecular flexibility index (Phi) is 4.69. The highest BCUT2D eigenvalue weighted by Crippen LogP contribution is 2.24. The highest BCUT2D eigenvalue weighted by molar-refractivity contribution is 9.10. The van der Waals surface area contributed by atoms with Crippen molar-refractivity contribution in [1.82, 2.24) is 5.32 Å². The normalized spacial score (nSPS) is 12.0. The first-order chi connectivity index (χ1) is 9.90. The molecular formula is C13H8BrF2NO3S. The zero-order valence-electron chi connectivity index (χ0n) is 10.3. The SMILES string of the molecule is O=C(N[C@H](C(=O)O)c1ccc(F)cc1F)c1sccc1Br. The molecule has 4 nitrogen and oxygen atoms in total. The van der Waals surface area contributed by atoms with Gasteiger partial charge in [0.05, 0.1) is 0 Å². The first-order valence-corrected chi connectivity index (χ1v) is 7.29. The Labute approximate surface area is 130 Å². The van der Waals surface area contributed by atoms with Gasteiger partial charge in [-0.05, 0) is 33.4 Å². The lowest BCUT2D eigenvalue weighted by Gasteiger charge is -2.15. The minimum atomic E-state index is -1.60. The predicted molar refractivity (Wildman–Crippen MR) is 76.2 cm³/mol. The van der Waals surface area contributed by atoms with E-state index in [2.05, 4.69) is 21.2 Å². The summed E-state index contributed by atoms with van der Waals surface area (Å²) >= 11 is 4.26. The summed E-state index contributed by atoms with van der Waals surface area (Å²) in [4.78, 5) is 23.5. The fourth-order valence-corrected chi connectivity index (χ4v) is 3.11. The van der Waals surface area contributed by atoms with Gasteiger partial charge in [-0.2, -0.15) is 0 Å². The number of carbonyl (C=O) groups is 2. The van der Waals surface area contributed by atoms with E-state index in [9.17, 15) is 18.4 Å². The van der Waals surface area contributed by atoms with Crippen LogP contribution >= 0.6 is 27.3 Å². The van der Waals surface area contributed by atoms with Crippen LogP contribution in [0.25, 0.3) is 0 Å². The third-order valence-electron chi connectivity index (χ3n) is 2.62. The number of halogens is 3. The second-order valence-corrected chi connectivity index (χ2v) is 5.78. The van der Waals surface area contributed by atoms with E-state index in [1.807, 2.05) is 0 Å². The number of nitrogens with one attached hydrogen (secondary N) is 1. The number of aliphatic carboxylic acids is 1. The third kappa shape index (κ3) is 3.45. The number of carboxylic acids is 1. The largest absolute Gasteiger partial charge is 0.479 e. The minimum Gasteiger partial charge on any atom is -0.479 e. The number of benzene rings is 1. The summed E-state index contributed by atoms with van der Waals surface area (Å²) in [5.41, 5.74) is -0.315. The fourth-order valence-electron chi connectivity index (χ4n) is 1.66. The molecule has 0 aliphatic rings. The molecule has 0 aliphatic heterocycles.